The van der Waals surface area contributed by atoms with Gasteiger partial charge in [0.1, 0.15) is 22.8 Å². The second kappa shape index (κ2) is 6.89. The van der Waals surface area contributed by atoms with Crippen LogP contribution in [0.4, 0.5) is 0 Å². The number of hydrogen-bond acceptors (Lipinski definition) is 4. The molecule has 130 valence electrons. The number of nitrogens with zero attached hydrogens (tertiary/aromatic N) is 1. The number of carbonyl (C=O) groups is 1. The Bertz CT molecular complexity index is 867. The topological polar surface area (TPSA) is 51.9 Å². The first kappa shape index (κ1) is 16.9. The van der Waals surface area contributed by atoms with Crippen LogP contribution in [-0.2, 0) is 0 Å². The van der Waals surface area contributed by atoms with Gasteiger partial charge >= 0.3 is 0 Å². The number of amides is 1. The molecule has 0 radical (unpaired) electrons. The van der Waals surface area contributed by atoms with E-state index in [4.69, 9.17) is 13.9 Å². The third-order valence-corrected chi connectivity index (χ3v) is 4.39. The summed E-state index contributed by atoms with van der Waals surface area (Å²) < 4.78 is 16.4. The standard InChI is InChI=1S/C20H21NO4/c1-13(19-11-14-7-5-6-8-17(14)25-19)21(2)20(22)16-12-15(23-3)9-10-18(16)24-4/h5-13H,1-4H3. The molecular formula is C20H21NO4. The van der Waals surface area contributed by atoms with Crippen molar-refractivity contribution in [2.75, 3.05) is 21.3 Å². The molecule has 0 saturated carbocycles. The molecule has 0 N–H and O–H groups in total. The maximum Gasteiger partial charge on any atom is 0.258 e. The van der Waals surface area contributed by atoms with Crippen LogP contribution in [0.25, 0.3) is 11.0 Å². The molecule has 5 nitrogen and oxygen atoms in total. The maximum absolute atomic E-state index is 13.0. The number of carbonyl (C=O) groups excluding carboxylic acids is 1. The van der Waals surface area contributed by atoms with Crippen molar-refractivity contribution in [3.63, 3.8) is 0 Å². The fourth-order valence-electron chi connectivity index (χ4n) is 2.75. The lowest BCUT2D eigenvalue weighted by Gasteiger charge is -2.24. The number of fused-ring (bicyclic) bond motifs is 1. The van der Waals surface area contributed by atoms with Gasteiger partial charge in [0, 0.05) is 12.4 Å². The lowest BCUT2D eigenvalue weighted by molar-refractivity contribution is 0.0723. The molecule has 1 atom stereocenters. The highest BCUT2D eigenvalue weighted by atomic mass is 16.5. The Hall–Kier alpha value is -2.95. The molecule has 0 aliphatic heterocycles. The first-order valence-electron chi connectivity index (χ1n) is 8.02. The van der Waals surface area contributed by atoms with Crippen molar-refractivity contribution in [3.05, 3.63) is 59.9 Å². The van der Waals surface area contributed by atoms with E-state index in [1.54, 1.807) is 44.4 Å². The van der Waals surface area contributed by atoms with E-state index in [1.807, 2.05) is 37.3 Å². The summed E-state index contributed by atoms with van der Waals surface area (Å²) >= 11 is 0. The minimum absolute atomic E-state index is 0.163. The molecular weight excluding hydrogens is 318 g/mol. The van der Waals surface area contributed by atoms with Gasteiger partial charge in [-0.25, -0.2) is 0 Å². The van der Waals surface area contributed by atoms with Crippen molar-refractivity contribution in [1.82, 2.24) is 4.90 Å². The minimum atomic E-state index is -0.226. The third kappa shape index (κ3) is 3.18. The Morgan fingerprint density at radius 2 is 1.84 bits per heavy atom. The van der Waals surface area contributed by atoms with Crippen LogP contribution < -0.4 is 9.47 Å². The van der Waals surface area contributed by atoms with Crippen molar-refractivity contribution in [2.45, 2.75) is 13.0 Å². The molecule has 1 unspecified atom stereocenters. The quantitative estimate of drug-likeness (QED) is 0.696. The molecule has 3 aromatic rings. The van der Waals surface area contributed by atoms with Crippen LogP contribution >= 0.6 is 0 Å². The molecule has 0 saturated heterocycles. The first-order valence-corrected chi connectivity index (χ1v) is 8.02. The number of ether oxygens (including phenoxy) is 2. The van der Waals surface area contributed by atoms with Crippen LogP contribution in [-0.4, -0.2) is 32.1 Å². The predicted octanol–water partition coefficient (Wildman–Crippen LogP) is 4.28. The van der Waals surface area contributed by atoms with Crippen molar-refractivity contribution in [2.24, 2.45) is 0 Å². The van der Waals surface area contributed by atoms with E-state index >= 15 is 0 Å². The largest absolute Gasteiger partial charge is 0.497 e. The molecule has 1 aromatic heterocycles. The Morgan fingerprint density at radius 3 is 2.52 bits per heavy atom. The monoisotopic (exact) mass is 339 g/mol. The molecule has 3 rings (SSSR count). The van der Waals surface area contributed by atoms with Crippen LogP contribution in [0.2, 0.25) is 0 Å². The molecule has 0 aliphatic carbocycles. The Labute approximate surface area is 146 Å². The molecule has 0 fully saturated rings. The minimum Gasteiger partial charge on any atom is -0.497 e. The molecule has 25 heavy (non-hydrogen) atoms. The average Bonchev–Trinajstić information content (AvgIpc) is 3.09. The zero-order chi connectivity index (χ0) is 18.0. The Morgan fingerprint density at radius 1 is 1.08 bits per heavy atom. The highest BCUT2D eigenvalue weighted by Crippen LogP contribution is 2.30. The van der Waals surface area contributed by atoms with Gasteiger partial charge in [0.15, 0.2) is 0 Å². The third-order valence-electron chi connectivity index (χ3n) is 4.39. The number of hydrogen-bond donors (Lipinski definition) is 0. The summed E-state index contributed by atoms with van der Waals surface area (Å²) in [5, 5.41) is 1.02. The summed E-state index contributed by atoms with van der Waals surface area (Å²) in [6.45, 7) is 1.93. The number of rotatable bonds is 5. The molecule has 1 heterocycles. The summed E-state index contributed by atoms with van der Waals surface area (Å²) in [7, 11) is 4.86. The van der Waals surface area contributed by atoms with Crippen LogP contribution in [0.1, 0.15) is 29.1 Å². The van der Waals surface area contributed by atoms with Gasteiger partial charge in [0.05, 0.1) is 25.8 Å². The summed E-state index contributed by atoms with van der Waals surface area (Å²) in [5.41, 5.74) is 1.26. The molecule has 0 bridgehead atoms. The SMILES string of the molecule is COc1ccc(OC)c(C(=O)N(C)C(C)c2cc3ccccc3o2)c1. The summed E-state index contributed by atoms with van der Waals surface area (Å²) in [5.74, 6) is 1.69. The smallest absolute Gasteiger partial charge is 0.258 e. The van der Waals surface area contributed by atoms with Gasteiger partial charge in [0.2, 0.25) is 0 Å². The molecule has 2 aromatic carbocycles. The van der Waals surface area contributed by atoms with Crippen LogP contribution in [0.3, 0.4) is 0 Å². The molecule has 0 spiro atoms. The lowest BCUT2D eigenvalue weighted by Crippen LogP contribution is -2.29. The maximum atomic E-state index is 13.0. The fourth-order valence-corrected chi connectivity index (χ4v) is 2.75. The van der Waals surface area contributed by atoms with Gasteiger partial charge in [-0.1, -0.05) is 18.2 Å². The van der Waals surface area contributed by atoms with Gasteiger partial charge in [-0.05, 0) is 37.3 Å². The van der Waals surface area contributed by atoms with E-state index in [9.17, 15) is 4.79 Å². The van der Waals surface area contributed by atoms with Gasteiger partial charge < -0.3 is 18.8 Å². The van der Waals surface area contributed by atoms with Gasteiger partial charge in [0.25, 0.3) is 5.91 Å². The first-order chi connectivity index (χ1) is 12.0. The van der Waals surface area contributed by atoms with Gasteiger partial charge in [-0.15, -0.1) is 0 Å². The fraction of sp³-hybridized carbons (Fsp3) is 0.250. The van der Waals surface area contributed by atoms with Crippen LogP contribution in [0.15, 0.2) is 52.9 Å². The highest BCUT2D eigenvalue weighted by molar-refractivity contribution is 5.97. The summed E-state index contributed by atoms with van der Waals surface area (Å²) in [6.07, 6.45) is 0. The van der Waals surface area contributed by atoms with E-state index in [0.717, 1.165) is 16.7 Å². The average molecular weight is 339 g/mol. The van der Waals surface area contributed by atoms with Crippen molar-refractivity contribution in [1.29, 1.82) is 0 Å². The second-order valence-electron chi connectivity index (χ2n) is 5.84. The van der Waals surface area contributed by atoms with E-state index in [2.05, 4.69) is 0 Å². The van der Waals surface area contributed by atoms with Gasteiger partial charge in [-0.3, -0.25) is 4.79 Å². The van der Waals surface area contributed by atoms with Crippen molar-refractivity contribution in [3.8, 4) is 11.5 Å². The molecule has 0 aliphatic rings. The van der Waals surface area contributed by atoms with E-state index < -0.39 is 0 Å². The number of benzene rings is 2. The predicted molar refractivity (Wildman–Crippen MR) is 96.3 cm³/mol. The number of para-hydroxylation sites is 1. The van der Waals surface area contributed by atoms with E-state index in [0.29, 0.717) is 17.1 Å². The van der Waals surface area contributed by atoms with Crippen molar-refractivity contribution < 1.29 is 18.7 Å². The zero-order valence-electron chi connectivity index (χ0n) is 14.8. The van der Waals surface area contributed by atoms with E-state index in [-0.39, 0.29) is 11.9 Å². The second-order valence-corrected chi connectivity index (χ2v) is 5.84. The van der Waals surface area contributed by atoms with Crippen LogP contribution in [0.5, 0.6) is 11.5 Å². The van der Waals surface area contributed by atoms with E-state index in [1.165, 1.54) is 0 Å². The van der Waals surface area contributed by atoms with Crippen molar-refractivity contribution >= 4 is 16.9 Å². The number of methoxy groups -OCH3 is 2. The normalized spacial score (nSPS) is 12.0. The Balaban J connectivity index is 1.91. The molecule has 5 heteroatoms. The summed E-state index contributed by atoms with van der Waals surface area (Å²) in [6, 6.07) is 14.7. The summed E-state index contributed by atoms with van der Waals surface area (Å²) in [4.78, 5) is 14.6. The Kier molecular flexibility index (Phi) is 4.65. The zero-order valence-corrected chi connectivity index (χ0v) is 14.8. The number of furan rings is 1. The van der Waals surface area contributed by atoms with Crippen LogP contribution in [0, 0.1) is 0 Å². The highest BCUT2D eigenvalue weighted by Gasteiger charge is 2.24. The molecule has 1 amide bonds. The van der Waals surface area contributed by atoms with Gasteiger partial charge in [-0.2, -0.15) is 0 Å². The lowest BCUT2D eigenvalue weighted by atomic mass is 10.1.